The number of carbonyl (C=O) groups excluding carboxylic acids is 2. The first-order valence-electron chi connectivity index (χ1n) is 10.7. The van der Waals surface area contributed by atoms with Gasteiger partial charge >= 0.3 is 0 Å². The Labute approximate surface area is 168 Å². The number of benzene rings is 1. The molecule has 1 aromatic rings. The van der Waals surface area contributed by atoms with Crippen LogP contribution < -0.4 is 16.4 Å². The molecule has 1 unspecified atom stereocenters. The molecule has 2 saturated heterocycles. The van der Waals surface area contributed by atoms with E-state index in [0.717, 1.165) is 57.5 Å². The van der Waals surface area contributed by atoms with Crippen LogP contribution in [0.5, 0.6) is 0 Å². The van der Waals surface area contributed by atoms with Gasteiger partial charge < -0.3 is 16.4 Å². The number of hydrogen-bond acceptors (Lipinski definition) is 4. The number of piperidine rings is 2. The van der Waals surface area contributed by atoms with Crippen molar-refractivity contribution < 1.29 is 9.59 Å². The number of nitrogens with two attached hydrogens (primary N) is 1. The molecule has 0 spiro atoms. The summed E-state index contributed by atoms with van der Waals surface area (Å²) in [5, 5.41) is 6.43. The lowest BCUT2D eigenvalue weighted by Crippen LogP contribution is -2.40. The summed E-state index contributed by atoms with van der Waals surface area (Å²) in [6.07, 6.45) is 5.89. The predicted molar refractivity (Wildman–Crippen MR) is 110 cm³/mol. The second kappa shape index (κ2) is 10.6. The van der Waals surface area contributed by atoms with Gasteiger partial charge in [-0.1, -0.05) is 24.3 Å². The van der Waals surface area contributed by atoms with Crippen LogP contribution in [-0.2, 0) is 22.7 Å². The van der Waals surface area contributed by atoms with Gasteiger partial charge in [0.1, 0.15) is 0 Å². The van der Waals surface area contributed by atoms with Gasteiger partial charge in [0.2, 0.25) is 11.8 Å². The molecule has 2 fully saturated rings. The van der Waals surface area contributed by atoms with Crippen molar-refractivity contribution in [3.8, 4) is 0 Å². The lowest BCUT2D eigenvalue weighted by atomic mass is 9.93. The van der Waals surface area contributed by atoms with E-state index in [9.17, 15) is 9.59 Å². The molecule has 0 aliphatic carbocycles. The number of rotatable bonds is 8. The van der Waals surface area contributed by atoms with E-state index in [4.69, 9.17) is 5.73 Å². The summed E-state index contributed by atoms with van der Waals surface area (Å²) in [4.78, 5) is 25.9. The van der Waals surface area contributed by atoms with Gasteiger partial charge in [-0.25, -0.2) is 0 Å². The Morgan fingerprint density at radius 3 is 2.75 bits per heavy atom. The van der Waals surface area contributed by atoms with Crippen molar-refractivity contribution in [2.75, 3.05) is 26.2 Å². The zero-order valence-corrected chi connectivity index (χ0v) is 16.8. The van der Waals surface area contributed by atoms with Crippen LogP contribution >= 0.6 is 0 Å². The summed E-state index contributed by atoms with van der Waals surface area (Å²) in [7, 11) is 0. The van der Waals surface area contributed by atoms with Gasteiger partial charge in [0.05, 0.1) is 5.92 Å². The third kappa shape index (κ3) is 6.60. The molecule has 6 nitrogen and oxygen atoms in total. The van der Waals surface area contributed by atoms with Crippen LogP contribution in [0.4, 0.5) is 0 Å². The summed E-state index contributed by atoms with van der Waals surface area (Å²) in [6.45, 7) is 5.30. The largest absolute Gasteiger partial charge is 0.369 e. The van der Waals surface area contributed by atoms with E-state index in [1.807, 2.05) is 6.07 Å². The Morgan fingerprint density at radius 2 is 1.96 bits per heavy atom. The minimum absolute atomic E-state index is 0.0313. The van der Waals surface area contributed by atoms with Crippen molar-refractivity contribution in [1.82, 2.24) is 15.5 Å². The smallest absolute Gasteiger partial charge is 0.221 e. The Kier molecular flexibility index (Phi) is 7.86. The standard InChI is InChI=1S/C22H34N4O2/c23-22(28)20-5-2-12-26(16-20)15-19-4-1-3-18(13-19)14-25-21(27)7-6-17-8-10-24-11-9-17/h1,3-4,13,17,20,24H,2,5-12,14-16H2,(H2,23,28)(H,25,27). The Balaban J connectivity index is 1.42. The van der Waals surface area contributed by atoms with Crippen molar-refractivity contribution in [3.05, 3.63) is 35.4 Å². The highest BCUT2D eigenvalue weighted by Gasteiger charge is 2.23. The van der Waals surface area contributed by atoms with Gasteiger partial charge in [-0.2, -0.15) is 0 Å². The van der Waals surface area contributed by atoms with Crippen molar-refractivity contribution in [2.45, 2.75) is 51.6 Å². The first-order chi connectivity index (χ1) is 13.6. The van der Waals surface area contributed by atoms with E-state index in [0.29, 0.717) is 18.9 Å². The number of primary amides is 1. The number of hydrogen-bond donors (Lipinski definition) is 3. The molecule has 3 rings (SSSR count). The molecule has 0 radical (unpaired) electrons. The average molecular weight is 387 g/mol. The Morgan fingerprint density at radius 1 is 1.18 bits per heavy atom. The molecule has 6 heteroatoms. The first kappa shape index (κ1) is 20.8. The van der Waals surface area contributed by atoms with Gasteiger partial charge in [-0.15, -0.1) is 0 Å². The van der Waals surface area contributed by atoms with Crippen LogP contribution in [-0.4, -0.2) is 42.9 Å². The molecule has 0 aromatic heterocycles. The lowest BCUT2D eigenvalue weighted by Gasteiger charge is -2.31. The summed E-state index contributed by atoms with van der Waals surface area (Å²) in [5.74, 6) is 0.607. The molecular formula is C22H34N4O2. The van der Waals surface area contributed by atoms with Crippen molar-refractivity contribution in [1.29, 1.82) is 0 Å². The second-order valence-corrected chi connectivity index (χ2v) is 8.31. The normalized spacial score (nSPS) is 21.4. The third-order valence-electron chi connectivity index (χ3n) is 6.03. The molecule has 0 saturated carbocycles. The fraction of sp³-hybridized carbons (Fsp3) is 0.636. The summed E-state index contributed by atoms with van der Waals surface area (Å²) >= 11 is 0. The summed E-state index contributed by atoms with van der Waals surface area (Å²) in [6, 6.07) is 8.36. The van der Waals surface area contributed by atoms with E-state index in [1.54, 1.807) is 0 Å². The van der Waals surface area contributed by atoms with Crippen LogP contribution in [0.3, 0.4) is 0 Å². The molecule has 2 heterocycles. The van der Waals surface area contributed by atoms with Gasteiger partial charge in [0.15, 0.2) is 0 Å². The monoisotopic (exact) mass is 386 g/mol. The van der Waals surface area contributed by atoms with E-state index in [1.165, 1.54) is 18.4 Å². The van der Waals surface area contributed by atoms with Crippen LogP contribution in [0.15, 0.2) is 24.3 Å². The fourth-order valence-corrected chi connectivity index (χ4v) is 4.32. The third-order valence-corrected chi connectivity index (χ3v) is 6.03. The number of nitrogens with one attached hydrogen (secondary N) is 2. The molecule has 1 aromatic carbocycles. The number of amides is 2. The molecule has 1 atom stereocenters. The molecule has 4 N–H and O–H groups in total. The number of nitrogens with zero attached hydrogens (tertiary/aromatic N) is 1. The molecule has 0 bridgehead atoms. The van der Waals surface area contributed by atoms with Crippen LogP contribution in [0.25, 0.3) is 0 Å². The highest BCUT2D eigenvalue weighted by molar-refractivity contribution is 5.77. The SMILES string of the molecule is NC(=O)C1CCCN(Cc2cccc(CNC(=O)CCC3CCNCC3)c2)C1. The minimum Gasteiger partial charge on any atom is -0.369 e. The quantitative estimate of drug-likeness (QED) is 0.636. The minimum atomic E-state index is -0.189. The van der Waals surface area contributed by atoms with Crippen LogP contribution in [0, 0.1) is 11.8 Å². The lowest BCUT2D eigenvalue weighted by molar-refractivity contribution is -0.123. The Hall–Kier alpha value is -1.92. The zero-order chi connectivity index (χ0) is 19.8. The molecule has 2 aliphatic rings. The topological polar surface area (TPSA) is 87.5 Å². The zero-order valence-electron chi connectivity index (χ0n) is 16.8. The van der Waals surface area contributed by atoms with Crippen molar-refractivity contribution in [2.24, 2.45) is 17.6 Å². The van der Waals surface area contributed by atoms with Crippen molar-refractivity contribution in [3.63, 3.8) is 0 Å². The molecule has 154 valence electrons. The number of carbonyl (C=O) groups is 2. The summed E-state index contributed by atoms with van der Waals surface area (Å²) < 4.78 is 0. The van der Waals surface area contributed by atoms with Gasteiger partial charge in [0, 0.05) is 26.1 Å². The predicted octanol–water partition coefficient (Wildman–Crippen LogP) is 1.78. The first-order valence-corrected chi connectivity index (χ1v) is 10.7. The molecular weight excluding hydrogens is 352 g/mol. The maximum atomic E-state index is 12.2. The van der Waals surface area contributed by atoms with E-state index >= 15 is 0 Å². The highest BCUT2D eigenvalue weighted by Crippen LogP contribution is 2.19. The maximum absolute atomic E-state index is 12.2. The van der Waals surface area contributed by atoms with E-state index < -0.39 is 0 Å². The van der Waals surface area contributed by atoms with Gasteiger partial charge in [-0.3, -0.25) is 14.5 Å². The molecule has 2 aliphatic heterocycles. The van der Waals surface area contributed by atoms with E-state index in [-0.39, 0.29) is 17.7 Å². The summed E-state index contributed by atoms with van der Waals surface area (Å²) in [5.41, 5.74) is 7.81. The van der Waals surface area contributed by atoms with Crippen LogP contribution in [0.2, 0.25) is 0 Å². The van der Waals surface area contributed by atoms with Crippen LogP contribution in [0.1, 0.15) is 49.7 Å². The van der Waals surface area contributed by atoms with Gasteiger partial charge in [0.25, 0.3) is 0 Å². The average Bonchev–Trinajstić information content (AvgIpc) is 2.72. The number of likely N-dealkylation sites (tertiary alicyclic amines) is 1. The fourth-order valence-electron chi connectivity index (χ4n) is 4.32. The maximum Gasteiger partial charge on any atom is 0.221 e. The highest BCUT2D eigenvalue weighted by atomic mass is 16.2. The van der Waals surface area contributed by atoms with Crippen molar-refractivity contribution >= 4 is 11.8 Å². The second-order valence-electron chi connectivity index (χ2n) is 8.31. The van der Waals surface area contributed by atoms with E-state index in [2.05, 4.69) is 33.7 Å². The Bertz CT molecular complexity index is 658. The molecule has 2 amide bonds. The molecule has 28 heavy (non-hydrogen) atoms. The van der Waals surface area contributed by atoms with Gasteiger partial charge in [-0.05, 0) is 68.8 Å².